The number of carbonyl (C=O) groups excluding carboxylic acids is 6. The number of aliphatic hydroxyl groups excluding tert-OH is 1. The number of phenolic OH excluding ortho intramolecular Hbond substituents is 1. The highest BCUT2D eigenvalue weighted by Gasteiger charge is 2.51. The number of Topliss-reactive ketones (excluding diaryl/α,β-unsaturated/α-hetero) is 6. The highest BCUT2D eigenvalue weighted by molar-refractivity contribution is 9.10. The van der Waals surface area contributed by atoms with Gasteiger partial charge < -0.3 is 64.1 Å². The predicted molar refractivity (Wildman–Crippen MR) is 513 cm³/mol. The lowest BCUT2D eigenvalue weighted by Crippen LogP contribution is -2.41. The largest absolute Gasteiger partial charge is 0.508 e. The lowest BCUT2D eigenvalue weighted by Gasteiger charge is -2.32. The number of ketones is 6. The van der Waals surface area contributed by atoms with Gasteiger partial charge in [0, 0.05) is 74.8 Å². The van der Waals surface area contributed by atoms with E-state index in [2.05, 4.69) is 61.1 Å². The van der Waals surface area contributed by atoms with Crippen LogP contribution in [0.5, 0.6) is 28.7 Å². The minimum absolute atomic E-state index is 0.000818. The van der Waals surface area contributed by atoms with Crippen molar-refractivity contribution in [2.24, 2.45) is 49.1 Å². The molecule has 28 nitrogen and oxygen atoms in total. The molecular weight excluding hydrogens is 1810 g/mol. The molecule has 0 bridgehead atoms. The topological polar surface area (TPSA) is 452 Å². The molecule has 0 radical (unpaired) electrons. The molecule has 0 amide bonds. The lowest BCUT2D eigenvalue weighted by atomic mass is 9.79. The first-order chi connectivity index (χ1) is 60.3. The van der Waals surface area contributed by atoms with Gasteiger partial charge in [-0.15, -0.1) is 0 Å². The number of nitrogens with zero attached hydrogens (tertiary/aromatic N) is 7. The molecule has 696 valence electrons. The van der Waals surface area contributed by atoms with Crippen LogP contribution in [-0.4, -0.2) is 151 Å². The lowest BCUT2D eigenvalue weighted by molar-refractivity contribution is -0.134. The van der Waals surface area contributed by atoms with Crippen molar-refractivity contribution in [2.75, 3.05) is 39.6 Å². The number of benzene rings is 5. The number of aromatic nitrogens is 4. The number of pyridine rings is 4. The van der Waals surface area contributed by atoms with Gasteiger partial charge in [0.05, 0.1) is 90.5 Å². The number of aliphatic hydroxyl groups is 1. The van der Waals surface area contributed by atoms with Crippen LogP contribution in [0, 0.1) is 60.6 Å². The summed E-state index contributed by atoms with van der Waals surface area (Å²) in [6.07, 6.45) is 6.11. The fourth-order valence-corrected chi connectivity index (χ4v) is 9.64. The fraction of sp³-hybridized carbons (Fsp3) is 0.378. The van der Waals surface area contributed by atoms with Crippen LogP contribution in [0.1, 0.15) is 181 Å². The van der Waals surface area contributed by atoms with E-state index in [0.29, 0.717) is 83.4 Å². The van der Waals surface area contributed by atoms with E-state index in [-0.39, 0.29) is 76.7 Å². The van der Waals surface area contributed by atoms with E-state index in [1.807, 2.05) is 218 Å². The third-order valence-electron chi connectivity index (χ3n) is 20.6. The summed E-state index contributed by atoms with van der Waals surface area (Å²) < 4.78 is 40.5. The molecule has 130 heavy (non-hydrogen) atoms. The molecule has 0 saturated carbocycles. The molecule has 0 spiro atoms. The number of nitriles is 2. The van der Waals surface area contributed by atoms with Gasteiger partial charge in [-0.1, -0.05) is 72.5 Å². The van der Waals surface area contributed by atoms with Crippen LogP contribution < -0.4 is 35.9 Å². The van der Waals surface area contributed by atoms with E-state index in [4.69, 9.17) is 92.6 Å². The third kappa shape index (κ3) is 40.8. The maximum atomic E-state index is 11.5. The minimum atomic E-state index is -0.833. The number of nitrogens with two attached hydrogens (primary N) is 2. The highest BCUT2D eigenvalue weighted by Crippen LogP contribution is 2.37. The number of phenols is 1. The smallest absolute Gasteiger partial charge is 0.494 e. The number of halogens is 3. The molecule has 5 heterocycles. The molecule has 4 aromatic heterocycles. The number of carbonyl (C=O) groups is 7. The zero-order valence-corrected chi connectivity index (χ0v) is 82.1. The Bertz CT molecular complexity index is 5200. The molecule has 5 aromatic carbocycles. The van der Waals surface area contributed by atoms with Crippen molar-refractivity contribution in [3.63, 3.8) is 0 Å². The number of hydrogen-bond donors (Lipinski definition) is 7. The van der Waals surface area contributed by atoms with E-state index in [9.17, 15) is 28.8 Å². The molecule has 9 aromatic rings. The normalized spacial score (nSPS) is 12.3. The van der Waals surface area contributed by atoms with Crippen molar-refractivity contribution in [3.05, 3.63) is 227 Å². The number of amidine groups is 2. The number of nitrogens with one attached hydrogen (secondary N) is 1. The second-order valence-corrected chi connectivity index (χ2v) is 36.5. The average molecular weight is 1930 g/mol. The molecule has 0 unspecified atom stereocenters. The average Bonchev–Trinajstić information content (AvgIpc) is 1.62. The van der Waals surface area contributed by atoms with Crippen LogP contribution in [0.4, 0.5) is 0 Å². The summed E-state index contributed by atoms with van der Waals surface area (Å²) in [4.78, 5) is 92.8. The van der Waals surface area contributed by atoms with Gasteiger partial charge >= 0.3 is 7.12 Å². The number of aliphatic carboxylic acids is 1. The Morgan fingerprint density at radius 1 is 0.462 bits per heavy atom. The Kier molecular flexibility index (Phi) is 46.8. The Morgan fingerprint density at radius 3 is 0.985 bits per heavy atom. The van der Waals surface area contributed by atoms with Gasteiger partial charge in [-0.3, -0.25) is 53.9 Å². The van der Waals surface area contributed by atoms with Crippen LogP contribution in [0.15, 0.2) is 204 Å². The quantitative estimate of drug-likeness (QED) is 0.00628. The van der Waals surface area contributed by atoms with E-state index < -0.39 is 33.0 Å². The first kappa shape index (κ1) is 114. The van der Waals surface area contributed by atoms with E-state index in [1.54, 1.807) is 128 Å². The van der Waals surface area contributed by atoms with Crippen LogP contribution >= 0.6 is 43.8 Å². The molecule has 1 saturated heterocycles. The van der Waals surface area contributed by atoms with Gasteiger partial charge in [-0.2, -0.15) is 10.5 Å². The molecule has 32 heteroatoms. The van der Waals surface area contributed by atoms with Gasteiger partial charge in [0.1, 0.15) is 113 Å². The Balaban J connectivity index is 0.000000517. The van der Waals surface area contributed by atoms with Gasteiger partial charge in [0.25, 0.3) is 5.97 Å². The van der Waals surface area contributed by atoms with Crippen LogP contribution in [0.25, 0.3) is 33.8 Å². The maximum absolute atomic E-state index is 11.5. The van der Waals surface area contributed by atoms with Crippen molar-refractivity contribution < 1.29 is 86.2 Å². The SMILES string of the molecule is CC(=O)C(C)(C)CO.CC(=O)C(C)(C)COBr.CC(=O)C(C)(C)COc1ccc(-c2ccc(C#N)cn2)cc1.CC(=O)C(C)(C)COc1ccc(-c2ccc(C(=N)N)cn2)cc1.CC(=O)C(C)(C)COc1ccc(-c2ccc(C(N)=NO)cn2)cc1.CC(=O)C(C)(C)COc1ccc(B2OC(C)(C)C(C)(C)O2)cc1.CC(=O)O.N#Cc1ccc(Cl)nc1.Oc1ccc(Br)cc1. The Morgan fingerprint density at radius 2 is 0.754 bits per heavy atom. The zero-order chi connectivity index (χ0) is 98.9. The summed E-state index contributed by atoms with van der Waals surface area (Å²) in [5, 5.41) is 61.1. The van der Waals surface area contributed by atoms with Crippen molar-refractivity contribution in [1.82, 2.24) is 19.9 Å². The third-order valence-corrected chi connectivity index (χ3v) is 21.6. The standard InChI is InChI=1S/C18H27BO4.C18H21N3O3.C18H21N3O2.C18H18N2O2.C6H11BrO2.C6H5BrO.C6H3ClN2.C6H12O2.C2H4O2/c1-13(20)16(2,3)12-21-15-10-8-14(9-11-15)19-22-17(4,5)18(6,7)23-19;1-12(22)18(2,3)11-24-15-7-4-13(5-8-15)16-9-6-14(10-20-16)17(19)21-23;1-12(22)18(2,3)11-23-15-7-4-13(5-8-15)16-9-6-14(10-21-16)17(19)20;1-13(21)18(2,3)12-22-16-7-5-15(6-8-16)17-9-4-14(10-19)11-20-17;1-5(8)6(2,3)4-9-7;7-5-1-3-6(8)4-2-5;7-6-2-1-5(3-8)4-9-6;1-5(8)6(2,3)4-7;1-2(3)4/h8-11H,12H2,1-7H3;4-10,23H,11H2,1-3H3,(H2,19,21);4-10H,11H2,1-3H3,(H3,19,20);4-9,11H,12H2,1-3H3;4H2,1-3H3;1-4,8H;1-2,4H;7H,4H2,1-3H3;1H3,(H,3,4). The number of ether oxygens (including phenoxy) is 4. The number of oxime groups is 1. The van der Waals surface area contributed by atoms with Crippen LogP contribution in [-0.2, 0) is 46.7 Å². The van der Waals surface area contributed by atoms with Crippen LogP contribution in [0.2, 0.25) is 5.15 Å². The van der Waals surface area contributed by atoms with Gasteiger partial charge in [-0.25, -0.2) is 4.98 Å². The second kappa shape index (κ2) is 53.3. The molecular formula is C98H122BBr2ClN10O18. The summed E-state index contributed by atoms with van der Waals surface area (Å²) in [5.74, 6) is 2.92. The molecule has 0 aliphatic carbocycles. The van der Waals surface area contributed by atoms with Crippen molar-refractivity contribution in [2.45, 2.75) is 170 Å². The zero-order valence-electron chi connectivity index (χ0n) is 78.2. The summed E-state index contributed by atoms with van der Waals surface area (Å²) >= 11 is 11.5. The minimum Gasteiger partial charge on any atom is -0.508 e. The van der Waals surface area contributed by atoms with Crippen molar-refractivity contribution in [3.8, 4) is 74.7 Å². The number of nitrogen functional groups attached to an aromatic ring is 1. The Hall–Kier alpha value is -11.9. The number of carboxylic acids is 1. The Labute approximate surface area is 786 Å². The molecule has 1 aliphatic rings. The van der Waals surface area contributed by atoms with Crippen molar-refractivity contribution >= 4 is 109 Å². The number of aromatic hydroxyl groups is 1. The van der Waals surface area contributed by atoms with Crippen LogP contribution in [0.3, 0.4) is 0 Å². The molecule has 9 N–H and O–H groups in total. The highest BCUT2D eigenvalue weighted by atomic mass is 79.9. The summed E-state index contributed by atoms with van der Waals surface area (Å²) in [6, 6.07) is 54.8. The van der Waals surface area contributed by atoms with Crippen molar-refractivity contribution in [1.29, 1.82) is 15.9 Å². The van der Waals surface area contributed by atoms with E-state index >= 15 is 0 Å². The summed E-state index contributed by atoms with van der Waals surface area (Å²) in [6.45, 7) is 42.4. The van der Waals surface area contributed by atoms with E-state index in [1.165, 1.54) is 13.1 Å². The number of rotatable bonds is 27. The first-order valence-corrected chi connectivity index (χ1v) is 42.6. The monoisotopic (exact) mass is 1930 g/mol. The molecule has 0 atom stereocenters. The number of carboxylic acid groups (broad SMARTS) is 1. The maximum Gasteiger partial charge on any atom is 0.494 e. The fourth-order valence-electron chi connectivity index (χ4n) is 8.69. The molecule has 1 fully saturated rings. The summed E-state index contributed by atoms with van der Waals surface area (Å²) in [5.41, 5.74) is 15.7. The van der Waals surface area contributed by atoms with E-state index in [0.717, 1.165) is 56.4 Å². The van der Waals surface area contributed by atoms with Gasteiger partial charge in [0.2, 0.25) is 0 Å². The van der Waals surface area contributed by atoms with Gasteiger partial charge in [-0.05, 0) is 288 Å². The second-order valence-electron chi connectivity index (χ2n) is 34.7. The van der Waals surface area contributed by atoms with Gasteiger partial charge in [0.15, 0.2) is 5.84 Å². The number of hydrogen-bond acceptors (Lipinski definition) is 25. The molecule has 1 aliphatic heterocycles. The first-order valence-electron chi connectivity index (χ1n) is 40.8. The molecule has 10 rings (SSSR count). The summed E-state index contributed by atoms with van der Waals surface area (Å²) in [7, 11) is -0.372. The predicted octanol–water partition coefficient (Wildman–Crippen LogP) is 18.8.